The molecule has 1 fully saturated rings. The summed E-state index contributed by atoms with van der Waals surface area (Å²) in [5.41, 5.74) is 6.35. The fourth-order valence-corrected chi connectivity index (χ4v) is 3.46. The van der Waals surface area contributed by atoms with Gasteiger partial charge in [-0.2, -0.15) is 0 Å². The lowest BCUT2D eigenvalue weighted by molar-refractivity contribution is 0.0900. The van der Waals surface area contributed by atoms with Crippen molar-refractivity contribution in [1.82, 2.24) is 5.32 Å². The van der Waals surface area contributed by atoms with Crippen molar-refractivity contribution < 1.29 is 4.79 Å². The number of hydrogen-bond acceptors (Lipinski definition) is 3. The number of benzene rings is 1. The molecule has 1 unspecified atom stereocenters. The minimum atomic E-state index is -0.264. The predicted octanol–water partition coefficient (Wildman–Crippen LogP) is 3.18. The van der Waals surface area contributed by atoms with E-state index in [1.807, 2.05) is 29.6 Å². The monoisotopic (exact) mass is 310 g/mol. The molecule has 1 aliphatic carbocycles. The molecule has 0 bridgehead atoms. The molecule has 108 valence electrons. The Bertz CT molecular complexity index is 623. The molecule has 1 aromatic carbocycles. The Morgan fingerprint density at radius 2 is 2.15 bits per heavy atom. The fourth-order valence-electron chi connectivity index (χ4n) is 2.52. The van der Waals surface area contributed by atoms with E-state index in [1.54, 1.807) is 11.3 Å². The Morgan fingerprint density at radius 3 is 2.80 bits per heavy atom. The first kappa shape index (κ1) is 15.3. The van der Waals surface area contributed by atoms with Gasteiger partial charge >= 0.3 is 0 Å². The number of carbonyl (C=O) groups is 1. The van der Waals surface area contributed by atoms with Crippen molar-refractivity contribution in [2.24, 2.45) is 11.7 Å². The van der Waals surface area contributed by atoms with Crippen molar-refractivity contribution in [3.05, 3.63) is 35.2 Å². The van der Waals surface area contributed by atoms with Crippen LogP contribution in [0.4, 0.5) is 0 Å². The van der Waals surface area contributed by atoms with Crippen LogP contribution in [-0.2, 0) is 0 Å². The van der Waals surface area contributed by atoms with Crippen LogP contribution in [0.1, 0.15) is 30.1 Å². The van der Waals surface area contributed by atoms with E-state index >= 15 is 0 Å². The zero-order valence-corrected chi connectivity index (χ0v) is 13.0. The van der Waals surface area contributed by atoms with Crippen molar-refractivity contribution in [1.29, 1.82) is 0 Å². The number of nitrogens with two attached hydrogens (primary N) is 1. The van der Waals surface area contributed by atoms with Gasteiger partial charge < -0.3 is 11.1 Å². The van der Waals surface area contributed by atoms with Crippen LogP contribution in [0.15, 0.2) is 29.6 Å². The van der Waals surface area contributed by atoms with Crippen molar-refractivity contribution in [2.75, 3.05) is 6.54 Å². The van der Waals surface area contributed by atoms with E-state index in [4.69, 9.17) is 5.73 Å². The second-order valence-corrected chi connectivity index (χ2v) is 6.41. The fraction of sp³-hybridized carbons (Fsp3) is 0.400. The zero-order valence-electron chi connectivity index (χ0n) is 11.4. The highest BCUT2D eigenvalue weighted by atomic mass is 35.5. The zero-order chi connectivity index (χ0) is 13.5. The van der Waals surface area contributed by atoms with Crippen molar-refractivity contribution in [3.8, 4) is 0 Å². The molecule has 1 heterocycles. The molecule has 3 nitrogen and oxygen atoms in total. The number of rotatable bonds is 4. The lowest BCUT2D eigenvalue weighted by atomic mass is 9.95. The molecule has 0 saturated heterocycles. The molecule has 2 aromatic rings. The average Bonchev–Trinajstić information content (AvgIpc) is 3.19. The summed E-state index contributed by atoms with van der Waals surface area (Å²) >= 11 is 1.61. The highest BCUT2D eigenvalue weighted by molar-refractivity contribution is 7.17. The number of halogens is 1. The van der Waals surface area contributed by atoms with Crippen LogP contribution < -0.4 is 11.1 Å². The molecule has 1 amide bonds. The number of carbonyl (C=O) groups excluding carboxylic acids is 1. The molecule has 3 rings (SSSR count). The van der Waals surface area contributed by atoms with Crippen LogP contribution in [0.25, 0.3) is 10.1 Å². The lowest BCUT2D eigenvalue weighted by Gasteiger charge is -2.29. The molecular formula is C15H19ClN2OS. The maximum Gasteiger partial charge on any atom is 0.253 e. The van der Waals surface area contributed by atoms with Gasteiger partial charge in [-0.15, -0.1) is 23.7 Å². The van der Waals surface area contributed by atoms with Crippen LogP contribution in [0.5, 0.6) is 0 Å². The second kappa shape index (κ2) is 5.72. The van der Waals surface area contributed by atoms with Gasteiger partial charge in [0.15, 0.2) is 0 Å². The summed E-state index contributed by atoms with van der Waals surface area (Å²) in [5.74, 6) is 0.531. The number of hydrogen-bond donors (Lipinski definition) is 2. The first-order valence-corrected chi connectivity index (χ1v) is 7.51. The first-order chi connectivity index (χ1) is 9.14. The SMILES string of the molecule is CC(CN)(NC(=O)c1csc2ccccc12)C1CC1.Cl. The quantitative estimate of drug-likeness (QED) is 0.911. The minimum Gasteiger partial charge on any atom is -0.345 e. The van der Waals surface area contributed by atoms with E-state index in [0.717, 1.165) is 15.6 Å². The maximum absolute atomic E-state index is 12.5. The normalized spacial score (nSPS) is 17.3. The van der Waals surface area contributed by atoms with Gasteiger partial charge in [-0.05, 0) is 31.7 Å². The molecule has 1 aromatic heterocycles. The lowest BCUT2D eigenvalue weighted by Crippen LogP contribution is -2.53. The maximum atomic E-state index is 12.5. The van der Waals surface area contributed by atoms with Crippen molar-refractivity contribution in [3.63, 3.8) is 0 Å². The predicted molar refractivity (Wildman–Crippen MR) is 86.7 cm³/mol. The topological polar surface area (TPSA) is 55.1 Å². The molecule has 1 atom stereocenters. The van der Waals surface area contributed by atoms with Crippen LogP contribution in [-0.4, -0.2) is 18.0 Å². The van der Waals surface area contributed by atoms with Gasteiger partial charge in [0, 0.05) is 22.0 Å². The first-order valence-electron chi connectivity index (χ1n) is 6.63. The third-order valence-corrected chi connectivity index (χ3v) is 4.99. The summed E-state index contributed by atoms with van der Waals surface area (Å²) in [5, 5.41) is 6.10. The van der Waals surface area contributed by atoms with Gasteiger partial charge in [0.25, 0.3) is 5.91 Å². The van der Waals surface area contributed by atoms with Gasteiger partial charge in [-0.25, -0.2) is 0 Å². The molecule has 20 heavy (non-hydrogen) atoms. The number of nitrogens with one attached hydrogen (secondary N) is 1. The molecule has 0 aliphatic heterocycles. The van der Waals surface area contributed by atoms with Gasteiger partial charge in [0.2, 0.25) is 0 Å². The number of thiophene rings is 1. The Balaban J connectivity index is 0.00000147. The molecular weight excluding hydrogens is 292 g/mol. The van der Waals surface area contributed by atoms with Crippen LogP contribution in [0, 0.1) is 5.92 Å². The van der Waals surface area contributed by atoms with E-state index in [2.05, 4.69) is 12.2 Å². The van der Waals surface area contributed by atoms with Crippen LogP contribution >= 0.6 is 23.7 Å². The van der Waals surface area contributed by atoms with Gasteiger partial charge in [-0.1, -0.05) is 18.2 Å². The largest absolute Gasteiger partial charge is 0.345 e. The third kappa shape index (κ3) is 2.68. The van der Waals surface area contributed by atoms with E-state index in [9.17, 15) is 4.79 Å². The molecule has 5 heteroatoms. The standard InChI is InChI=1S/C15H18N2OS.ClH/c1-15(9-16,10-6-7-10)17-14(18)12-8-19-13-5-3-2-4-11(12)13;/h2-5,8,10H,6-7,9,16H2,1H3,(H,17,18);1H. The minimum absolute atomic E-state index is 0. The van der Waals surface area contributed by atoms with Gasteiger partial charge in [0.05, 0.1) is 11.1 Å². The Kier molecular flexibility index (Phi) is 4.37. The molecule has 0 radical (unpaired) electrons. The van der Waals surface area contributed by atoms with E-state index in [1.165, 1.54) is 12.8 Å². The molecule has 1 aliphatic rings. The van der Waals surface area contributed by atoms with Crippen molar-refractivity contribution >= 4 is 39.7 Å². The summed E-state index contributed by atoms with van der Waals surface area (Å²) < 4.78 is 1.15. The average molecular weight is 311 g/mol. The molecule has 1 saturated carbocycles. The molecule has 3 N–H and O–H groups in total. The summed E-state index contributed by atoms with van der Waals surface area (Å²) in [7, 11) is 0. The van der Waals surface area contributed by atoms with Crippen molar-refractivity contribution in [2.45, 2.75) is 25.3 Å². The second-order valence-electron chi connectivity index (χ2n) is 5.50. The van der Waals surface area contributed by atoms with Crippen LogP contribution in [0.3, 0.4) is 0 Å². The van der Waals surface area contributed by atoms with E-state index in [0.29, 0.717) is 12.5 Å². The number of amides is 1. The van der Waals surface area contributed by atoms with Gasteiger partial charge in [0.1, 0.15) is 0 Å². The smallest absolute Gasteiger partial charge is 0.253 e. The molecule has 0 spiro atoms. The highest BCUT2D eigenvalue weighted by Crippen LogP contribution is 2.39. The Morgan fingerprint density at radius 1 is 1.45 bits per heavy atom. The Labute approximate surface area is 129 Å². The third-order valence-electron chi connectivity index (χ3n) is 4.03. The summed E-state index contributed by atoms with van der Waals surface area (Å²) in [6.45, 7) is 2.54. The highest BCUT2D eigenvalue weighted by Gasteiger charge is 2.41. The number of fused-ring (bicyclic) bond motifs is 1. The summed E-state index contributed by atoms with van der Waals surface area (Å²) in [4.78, 5) is 12.5. The summed E-state index contributed by atoms with van der Waals surface area (Å²) in [6.07, 6.45) is 2.33. The summed E-state index contributed by atoms with van der Waals surface area (Å²) in [6, 6.07) is 8.00. The van der Waals surface area contributed by atoms with Gasteiger partial charge in [-0.3, -0.25) is 4.79 Å². The Hall–Kier alpha value is -1.10. The van der Waals surface area contributed by atoms with E-state index in [-0.39, 0.29) is 23.9 Å². The van der Waals surface area contributed by atoms with Crippen LogP contribution in [0.2, 0.25) is 0 Å². The van der Waals surface area contributed by atoms with E-state index < -0.39 is 0 Å².